The number of rotatable bonds is 4. The minimum atomic E-state index is -0.0351. The third-order valence-corrected chi connectivity index (χ3v) is 2.88. The highest BCUT2D eigenvalue weighted by Crippen LogP contribution is 2.22. The van der Waals surface area contributed by atoms with Crippen LogP contribution in [0, 0.1) is 0 Å². The van der Waals surface area contributed by atoms with E-state index in [-0.39, 0.29) is 11.8 Å². The molecule has 17 heavy (non-hydrogen) atoms. The standard InChI is InChI=1S/C10H12BrN5O/c1-6(10-13-15-16-14-10)12-5-7-4-8(11)2-3-9(7)17/h2-4,6,12,17H,5H2,1H3,(H,13,14,15,16). The Labute approximate surface area is 107 Å². The van der Waals surface area contributed by atoms with Crippen molar-refractivity contribution >= 4 is 15.9 Å². The maximum absolute atomic E-state index is 9.67. The van der Waals surface area contributed by atoms with E-state index in [2.05, 4.69) is 41.9 Å². The van der Waals surface area contributed by atoms with Crippen molar-refractivity contribution in [1.29, 1.82) is 0 Å². The summed E-state index contributed by atoms with van der Waals surface area (Å²) in [5.74, 6) is 0.862. The Morgan fingerprint density at radius 1 is 1.53 bits per heavy atom. The van der Waals surface area contributed by atoms with Gasteiger partial charge in [-0.05, 0) is 25.1 Å². The molecule has 0 saturated carbocycles. The van der Waals surface area contributed by atoms with Crippen molar-refractivity contribution in [2.75, 3.05) is 0 Å². The zero-order chi connectivity index (χ0) is 12.3. The molecule has 0 radical (unpaired) electrons. The normalized spacial score (nSPS) is 12.6. The van der Waals surface area contributed by atoms with E-state index >= 15 is 0 Å². The Bertz CT molecular complexity index is 487. The molecule has 7 heteroatoms. The van der Waals surface area contributed by atoms with Crippen molar-refractivity contribution in [3.63, 3.8) is 0 Å². The molecule has 0 aliphatic rings. The van der Waals surface area contributed by atoms with E-state index in [0.29, 0.717) is 12.4 Å². The largest absolute Gasteiger partial charge is 0.508 e. The Morgan fingerprint density at radius 3 is 3.06 bits per heavy atom. The van der Waals surface area contributed by atoms with Gasteiger partial charge in [-0.15, -0.1) is 10.2 Å². The van der Waals surface area contributed by atoms with Crippen LogP contribution < -0.4 is 5.32 Å². The highest BCUT2D eigenvalue weighted by atomic mass is 79.9. The average Bonchev–Trinajstić information content (AvgIpc) is 2.83. The van der Waals surface area contributed by atoms with Gasteiger partial charge in [-0.1, -0.05) is 21.1 Å². The van der Waals surface area contributed by atoms with Crippen LogP contribution in [0.5, 0.6) is 5.75 Å². The summed E-state index contributed by atoms with van der Waals surface area (Å²) in [6, 6.07) is 5.28. The third-order valence-electron chi connectivity index (χ3n) is 2.39. The second-order valence-corrected chi connectivity index (χ2v) is 4.56. The van der Waals surface area contributed by atoms with Gasteiger partial charge < -0.3 is 10.4 Å². The summed E-state index contributed by atoms with van der Waals surface area (Å²) in [4.78, 5) is 0. The van der Waals surface area contributed by atoms with Gasteiger partial charge in [-0.2, -0.15) is 5.21 Å². The highest BCUT2D eigenvalue weighted by Gasteiger charge is 2.10. The number of nitrogens with one attached hydrogen (secondary N) is 2. The van der Waals surface area contributed by atoms with Crippen LogP contribution in [0.1, 0.15) is 24.4 Å². The molecule has 2 rings (SSSR count). The molecule has 0 saturated heterocycles. The SMILES string of the molecule is CC(NCc1cc(Br)ccc1O)c1nn[nH]n1. The van der Waals surface area contributed by atoms with Crippen molar-refractivity contribution < 1.29 is 5.11 Å². The molecule has 1 unspecified atom stereocenters. The number of aromatic nitrogens is 4. The predicted octanol–water partition coefficient (Wildman–Crippen LogP) is 1.52. The van der Waals surface area contributed by atoms with Gasteiger partial charge in [0.15, 0.2) is 5.82 Å². The molecule has 0 fully saturated rings. The van der Waals surface area contributed by atoms with E-state index < -0.39 is 0 Å². The third kappa shape index (κ3) is 3.01. The van der Waals surface area contributed by atoms with Gasteiger partial charge in [0.2, 0.25) is 0 Å². The number of tetrazole rings is 1. The first-order valence-corrected chi connectivity index (χ1v) is 5.90. The predicted molar refractivity (Wildman–Crippen MR) is 65.2 cm³/mol. The first-order chi connectivity index (χ1) is 8.16. The van der Waals surface area contributed by atoms with Crippen LogP contribution in [0.3, 0.4) is 0 Å². The van der Waals surface area contributed by atoms with Crippen LogP contribution in [-0.2, 0) is 6.54 Å². The Hall–Kier alpha value is -1.47. The molecule has 6 nitrogen and oxygen atoms in total. The van der Waals surface area contributed by atoms with Crippen molar-refractivity contribution in [2.24, 2.45) is 0 Å². The highest BCUT2D eigenvalue weighted by molar-refractivity contribution is 9.10. The molecule has 1 aromatic carbocycles. The van der Waals surface area contributed by atoms with Gasteiger partial charge in [-0.3, -0.25) is 0 Å². The van der Waals surface area contributed by atoms with E-state index in [1.165, 1.54) is 0 Å². The maximum atomic E-state index is 9.67. The zero-order valence-corrected chi connectivity index (χ0v) is 10.8. The fourth-order valence-corrected chi connectivity index (χ4v) is 1.81. The van der Waals surface area contributed by atoms with E-state index in [9.17, 15) is 5.11 Å². The van der Waals surface area contributed by atoms with Crippen molar-refractivity contribution in [3.05, 3.63) is 34.1 Å². The number of hydrogen-bond acceptors (Lipinski definition) is 5. The van der Waals surface area contributed by atoms with E-state index in [4.69, 9.17) is 0 Å². The first kappa shape index (κ1) is 12.0. The molecule has 0 bridgehead atoms. The first-order valence-electron chi connectivity index (χ1n) is 5.11. The lowest BCUT2D eigenvalue weighted by molar-refractivity contribution is 0.458. The molecule has 3 N–H and O–H groups in total. The lowest BCUT2D eigenvalue weighted by Gasteiger charge is -2.11. The number of hydrogen-bond donors (Lipinski definition) is 3. The summed E-state index contributed by atoms with van der Waals surface area (Å²) in [7, 11) is 0. The van der Waals surface area contributed by atoms with Crippen molar-refractivity contribution in [2.45, 2.75) is 19.5 Å². The maximum Gasteiger partial charge on any atom is 0.191 e. The minimum Gasteiger partial charge on any atom is -0.508 e. The van der Waals surface area contributed by atoms with E-state index in [1.54, 1.807) is 12.1 Å². The van der Waals surface area contributed by atoms with E-state index in [0.717, 1.165) is 10.0 Å². The fraction of sp³-hybridized carbons (Fsp3) is 0.300. The molecular formula is C10H12BrN5O. The summed E-state index contributed by atoms with van der Waals surface area (Å²) in [5.41, 5.74) is 0.815. The zero-order valence-electron chi connectivity index (χ0n) is 9.18. The molecule has 0 spiro atoms. The van der Waals surface area contributed by atoms with Crippen LogP contribution in [0.2, 0.25) is 0 Å². The molecule has 1 aromatic heterocycles. The summed E-state index contributed by atoms with van der Waals surface area (Å²) >= 11 is 3.36. The van der Waals surface area contributed by atoms with Crippen LogP contribution in [0.25, 0.3) is 0 Å². The number of nitrogens with zero attached hydrogens (tertiary/aromatic N) is 3. The Balaban J connectivity index is 2.00. The van der Waals surface area contributed by atoms with Crippen LogP contribution in [0.15, 0.2) is 22.7 Å². The molecule has 0 aliphatic carbocycles. The minimum absolute atomic E-state index is 0.0351. The van der Waals surface area contributed by atoms with Gasteiger partial charge in [0, 0.05) is 16.6 Å². The Morgan fingerprint density at radius 2 is 2.35 bits per heavy atom. The van der Waals surface area contributed by atoms with Gasteiger partial charge in [0.05, 0.1) is 6.04 Å². The van der Waals surface area contributed by atoms with Gasteiger partial charge in [-0.25, -0.2) is 0 Å². The van der Waals surface area contributed by atoms with E-state index in [1.807, 2.05) is 13.0 Å². The molecule has 0 aliphatic heterocycles. The van der Waals surface area contributed by atoms with Crippen molar-refractivity contribution in [1.82, 2.24) is 25.9 Å². The van der Waals surface area contributed by atoms with Crippen molar-refractivity contribution in [3.8, 4) is 5.75 Å². The Kier molecular flexibility index (Phi) is 3.70. The fourth-order valence-electron chi connectivity index (χ4n) is 1.40. The quantitative estimate of drug-likeness (QED) is 0.796. The average molecular weight is 298 g/mol. The molecule has 0 amide bonds. The number of H-pyrrole nitrogens is 1. The summed E-state index contributed by atoms with van der Waals surface area (Å²) < 4.78 is 0.930. The monoisotopic (exact) mass is 297 g/mol. The number of aromatic hydroxyl groups is 1. The molecule has 1 atom stereocenters. The lowest BCUT2D eigenvalue weighted by Crippen LogP contribution is -2.19. The van der Waals surface area contributed by atoms with Crippen LogP contribution in [0.4, 0.5) is 0 Å². The molecular weight excluding hydrogens is 286 g/mol. The van der Waals surface area contributed by atoms with Gasteiger partial charge in [0.1, 0.15) is 5.75 Å². The second-order valence-electron chi connectivity index (χ2n) is 3.65. The lowest BCUT2D eigenvalue weighted by atomic mass is 10.2. The molecule has 1 heterocycles. The van der Waals surface area contributed by atoms with Crippen LogP contribution in [-0.4, -0.2) is 25.7 Å². The number of phenolic OH excluding ortho intramolecular Hbond substituents is 1. The van der Waals surface area contributed by atoms with Gasteiger partial charge >= 0.3 is 0 Å². The summed E-state index contributed by atoms with van der Waals surface area (Å²) in [6.07, 6.45) is 0. The number of aromatic amines is 1. The topological polar surface area (TPSA) is 86.7 Å². The smallest absolute Gasteiger partial charge is 0.191 e. The van der Waals surface area contributed by atoms with Crippen LogP contribution >= 0.6 is 15.9 Å². The summed E-state index contributed by atoms with van der Waals surface area (Å²) in [5, 5.41) is 26.5. The number of halogens is 1. The van der Waals surface area contributed by atoms with Gasteiger partial charge in [0.25, 0.3) is 0 Å². The molecule has 90 valence electrons. The number of phenols is 1. The second kappa shape index (κ2) is 5.24. The molecule has 2 aromatic rings. The number of benzene rings is 1. The summed E-state index contributed by atoms with van der Waals surface area (Å²) in [6.45, 7) is 2.46.